The number of rotatable bonds is 9. The molecule has 0 heterocycles. The molecule has 0 saturated heterocycles. The van der Waals surface area contributed by atoms with Crippen LogP contribution in [0.5, 0.6) is 5.75 Å². The standard InChI is InChI=1S/C26H26FN3O4/c1-18-6-12-22(13-7-18)29-24(31)15-28-25(32)17-30(16-19-8-10-21(27)11-9-19)26(33)20-4-3-5-23(14-20)34-2/h3-14H,15-17H2,1-2H3,(H,28,32)(H,29,31). The number of halogens is 1. The highest BCUT2D eigenvalue weighted by Crippen LogP contribution is 2.16. The Hall–Kier alpha value is -4.20. The summed E-state index contributed by atoms with van der Waals surface area (Å²) in [6.45, 7) is 1.49. The summed E-state index contributed by atoms with van der Waals surface area (Å²) in [5.41, 5.74) is 2.68. The van der Waals surface area contributed by atoms with Gasteiger partial charge in [-0.3, -0.25) is 14.4 Å². The predicted octanol–water partition coefficient (Wildman–Crippen LogP) is 3.54. The van der Waals surface area contributed by atoms with Crippen molar-refractivity contribution in [2.45, 2.75) is 13.5 Å². The van der Waals surface area contributed by atoms with E-state index in [1.807, 2.05) is 19.1 Å². The number of nitrogens with one attached hydrogen (secondary N) is 2. The molecule has 0 fully saturated rings. The van der Waals surface area contributed by atoms with E-state index in [0.717, 1.165) is 5.56 Å². The van der Waals surface area contributed by atoms with Gasteiger partial charge in [-0.05, 0) is 55.0 Å². The Morgan fingerprint density at radius 2 is 1.65 bits per heavy atom. The van der Waals surface area contributed by atoms with Crippen LogP contribution in [-0.2, 0) is 16.1 Å². The molecule has 176 valence electrons. The summed E-state index contributed by atoms with van der Waals surface area (Å²) < 4.78 is 18.5. The topological polar surface area (TPSA) is 87.7 Å². The molecule has 0 aliphatic heterocycles. The molecule has 34 heavy (non-hydrogen) atoms. The summed E-state index contributed by atoms with van der Waals surface area (Å²) in [6, 6.07) is 19.5. The molecular weight excluding hydrogens is 437 g/mol. The second kappa shape index (κ2) is 11.6. The molecule has 0 bridgehead atoms. The summed E-state index contributed by atoms with van der Waals surface area (Å²) in [6.07, 6.45) is 0. The second-order valence-corrected chi connectivity index (χ2v) is 7.71. The van der Waals surface area contributed by atoms with Crippen molar-refractivity contribution >= 4 is 23.4 Å². The van der Waals surface area contributed by atoms with Gasteiger partial charge in [-0.15, -0.1) is 0 Å². The summed E-state index contributed by atoms with van der Waals surface area (Å²) in [5.74, 6) is -1.18. The molecule has 0 unspecified atom stereocenters. The number of benzene rings is 3. The number of ether oxygens (including phenoxy) is 1. The zero-order valence-electron chi connectivity index (χ0n) is 19.0. The molecule has 0 saturated carbocycles. The second-order valence-electron chi connectivity index (χ2n) is 7.71. The van der Waals surface area contributed by atoms with Crippen molar-refractivity contribution in [3.63, 3.8) is 0 Å². The number of hydrogen-bond acceptors (Lipinski definition) is 4. The Kier molecular flexibility index (Phi) is 8.34. The minimum atomic E-state index is -0.502. The molecule has 0 aliphatic carbocycles. The van der Waals surface area contributed by atoms with Crippen molar-refractivity contribution in [3.05, 3.63) is 95.3 Å². The largest absolute Gasteiger partial charge is 0.497 e. The molecule has 0 spiro atoms. The number of methoxy groups -OCH3 is 1. The van der Waals surface area contributed by atoms with Crippen LogP contribution < -0.4 is 15.4 Å². The fraction of sp³-hybridized carbons (Fsp3) is 0.192. The Balaban J connectivity index is 1.66. The van der Waals surface area contributed by atoms with Gasteiger partial charge >= 0.3 is 0 Å². The molecule has 8 heteroatoms. The van der Waals surface area contributed by atoms with Gasteiger partial charge in [0.25, 0.3) is 5.91 Å². The van der Waals surface area contributed by atoms with E-state index >= 15 is 0 Å². The molecule has 0 aliphatic rings. The maximum atomic E-state index is 13.3. The van der Waals surface area contributed by atoms with Gasteiger partial charge in [-0.1, -0.05) is 35.9 Å². The van der Waals surface area contributed by atoms with Crippen molar-refractivity contribution in [1.82, 2.24) is 10.2 Å². The average Bonchev–Trinajstić information content (AvgIpc) is 2.84. The minimum absolute atomic E-state index is 0.0826. The minimum Gasteiger partial charge on any atom is -0.497 e. The highest BCUT2D eigenvalue weighted by atomic mass is 19.1. The Morgan fingerprint density at radius 1 is 0.941 bits per heavy atom. The van der Waals surface area contributed by atoms with E-state index in [2.05, 4.69) is 10.6 Å². The third kappa shape index (κ3) is 7.16. The van der Waals surface area contributed by atoms with Crippen molar-refractivity contribution in [2.24, 2.45) is 0 Å². The van der Waals surface area contributed by atoms with Crippen LogP contribution in [0.15, 0.2) is 72.8 Å². The first-order valence-electron chi connectivity index (χ1n) is 10.6. The van der Waals surface area contributed by atoms with Gasteiger partial charge in [0.2, 0.25) is 11.8 Å². The number of aryl methyl sites for hydroxylation is 1. The number of anilines is 1. The lowest BCUT2D eigenvalue weighted by Crippen LogP contribution is -2.42. The van der Waals surface area contributed by atoms with Crippen LogP contribution in [0.25, 0.3) is 0 Å². The maximum absolute atomic E-state index is 13.3. The lowest BCUT2D eigenvalue weighted by atomic mass is 10.1. The number of amides is 3. The molecule has 0 aromatic heterocycles. The van der Waals surface area contributed by atoms with E-state index in [-0.39, 0.29) is 25.5 Å². The number of hydrogen-bond donors (Lipinski definition) is 2. The first-order valence-corrected chi connectivity index (χ1v) is 10.6. The molecule has 3 amide bonds. The van der Waals surface area contributed by atoms with Crippen LogP contribution in [0.1, 0.15) is 21.5 Å². The third-order valence-electron chi connectivity index (χ3n) is 5.01. The van der Waals surface area contributed by atoms with Crippen molar-refractivity contribution < 1.29 is 23.5 Å². The monoisotopic (exact) mass is 463 g/mol. The van der Waals surface area contributed by atoms with Crippen molar-refractivity contribution in [1.29, 1.82) is 0 Å². The number of carbonyl (C=O) groups excluding carboxylic acids is 3. The molecule has 0 atom stereocenters. The number of nitrogens with zero attached hydrogens (tertiary/aromatic N) is 1. The lowest BCUT2D eigenvalue weighted by Gasteiger charge is -2.23. The van der Waals surface area contributed by atoms with Crippen LogP contribution in [0.4, 0.5) is 10.1 Å². The van der Waals surface area contributed by atoms with E-state index in [1.54, 1.807) is 48.5 Å². The molecule has 3 aromatic carbocycles. The summed E-state index contributed by atoms with van der Waals surface area (Å²) >= 11 is 0. The van der Waals surface area contributed by atoms with Crippen LogP contribution in [0, 0.1) is 12.7 Å². The first kappa shape index (κ1) is 24.4. The van der Waals surface area contributed by atoms with Gasteiger partial charge in [0.15, 0.2) is 0 Å². The first-order chi connectivity index (χ1) is 16.3. The van der Waals surface area contributed by atoms with E-state index < -0.39 is 17.6 Å². The Morgan fingerprint density at radius 3 is 2.32 bits per heavy atom. The van der Waals surface area contributed by atoms with Gasteiger partial charge < -0.3 is 20.3 Å². The third-order valence-corrected chi connectivity index (χ3v) is 5.01. The van der Waals surface area contributed by atoms with Gasteiger partial charge in [0, 0.05) is 17.8 Å². The zero-order chi connectivity index (χ0) is 24.5. The molecule has 0 radical (unpaired) electrons. The van der Waals surface area contributed by atoms with Crippen molar-refractivity contribution in [2.75, 3.05) is 25.5 Å². The lowest BCUT2D eigenvalue weighted by molar-refractivity contribution is -0.124. The van der Waals surface area contributed by atoms with Gasteiger partial charge in [0.1, 0.15) is 18.1 Å². The summed E-state index contributed by atoms with van der Waals surface area (Å²) in [7, 11) is 1.50. The molecular formula is C26H26FN3O4. The molecule has 3 aromatic rings. The molecule has 7 nitrogen and oxygen atoms in total. The van der Waals surface area contributed by atoms with Gasteiger partial charge in [-0.25, -0.2) is 4.39 Å². The highest BCUT2D eigenvalue weighted by molar-refractivity contribution is 5.98. The van der Waals surface area contributed by atoms with E-state index in [4.69, 9.17) is 4.74 Å². The van der Waals surface area contributed by atoms with Crippen LogP contribution in [-0.4, -0.2) is 42.8 Å². The van der Waals surface area contributed by atoms with E-state index in [0.29, 0.717) is 22.6 Å². The summed E-state index contributed by atoms with van der Waals surface area (Å²) in [4.78, 5) is 39.3. The van der Waals surface area contributed by atoms with E-state index in [1.165, 1.54) is 24.1 Å². The fourth-order valence-electron chi connectivity index (χ4n) is 3.20. The zero-order valence-corrected chi connectivity index (χ0v) is 19.0. The number of carbonyl (C=O) groups is 3. The summed E-state index contributed by atoms with van der Waals surface area (Å²) in [5, 5.41) is 5.24. The highest BCUT2D eigenvalue weighted by Gasteiger charge is 2.20. The Labute approximate surface area is 197 Å². The molecule has 2 N–H and O–H groups in total. The van der Waals surface area contributed by atoms with Crippen molar-refractivity contribution in [3.8, 4) is 5.75 Å². The van der Waals surface area contributed by atoms with E-state index in [9.17, 15) is 18.8 Å². The van der Waals surface area contributed by atoms with Gasteiger partial charge in [0.05, 0.1) is 13.7 Å². The van der Waals surface area contributed by atoms with Crippen LogP contribution in [0.2, 0.25) is 0 Å². The quantitative estimate of drug-likeness (QED) is 0.508. The predicted molar refractivity (Wildman–Crippen MR) is 127 cm³/mol. The molecule has 3 rings (SSSR count). The maximum Gasteiger partial charge on any atom is 0.254 e. The normalized spacial score (nSPS) is 10.3. The van der Waals surface area contributed by atoms with Gasteiger partial charge in [-0.2, -0.15) is 0 Å². The SMILES string of the molecule is COc1cccc(C(=O)N(CC(=O)NCC(=O)Nc2ccc(C)cc2)Cc2ccc(F)cc2)c1. The van der Waals surface area contributed by atoms with Crippen LogP contribution >= 0.6 is 0 Å². The Bertz CT molecular complexity index is 1150. The fourth-order valence-corrected chi connectivity index (χ4v) is 3.20. The van der Waals surface area contributed by atoms with Crippen LogP contribution in [0.3, 0.4) is 0 Å². The average molecular weight is 464 g/mol. The smallest absolute Gasteiger partial charge is 0.254 e.